The molecule has 0 saturated carbocycles. The molecule has 1 aromatic rings. The molecule has 2 rings (SSSR count). The number of ketones is 1. The number of aryl methyl sites for hydroxylation is 1. The van der Waals surface area contributed by atoms with E-state index in [0.29, 0.717) is 18.4 Å². The Morgan fingerprint density at radius 2 is 2.08 bits per heavy atom. The van der Waals surface area contributed by atoms with E-state index >= 15 is 0 Å². The van der Waals surface area contributed by atoms with E-state index in [1.54, 1.807) is 0 Å². The largest absolute Gasteiger partial charge is 0.299 e. The number of benzene rings is 1. The summed E-state index contributed by atoms with van der Waals surface area (Å²) in [5, 5.41) is 0. The third kappa shape index (κ3) is 1.66. The van der Waals surface area contributed by atoms with Gasteiger partial charge >= 0.3 is 0 Å². The summed E-state index contributed by atoms with van der Waals surface area (Å²) in [5.41, 5.74) is 1.55. The van der Waals surface area contributed by atoms with Gasteiger partial charge in [-0.15, -0.1) is 0 Å². The molecule has 0 unspecified atom stereocenters. The van der Waals surface area contributed by atoms with E-state index in [1.807, 2.05) is 6.07 Å². The number of hydrogen-bond acceptors (Lipinski definition) is 1. The van der Waals surface area contributed by atoms with Crippen LogP contribution in [0.3, 0.4) is 0 Å². The van der Waals surface area contributed by atoms with Crippen LogP contribution in [0.1, 0.15) is 17.5 Å². The predicted octanol–water partition coefficient (Wildman–Crippen LogP) is 2.65. The summed E-state index contributed by atoms with van der Waals surface area (Å²) in [6.07, 6.45) is 1.47. The molecule has 1 nitrogen and oxygen atoms in total. The van der Waals surface area contributed by atoms with Crippen LogP contribution in [0.25, 0.3) is 0 Å². The zero-order valence-electron chi connectivity index (χ0n) is 6.94. The quantitative estimate of drug-likeness (QED) is 0.684. The van der Waals surface area contributed by atoms with Gasteiger partial charge in [0, 0.05) is 17.3 Å². The van der Waals surface area contributed by atoms with Crippen molar-refractivity contribution in [2.24, 2.45) is 0 Å². The summed E-state index contributed by atoms with van der Waals surface area (Å²) in [5.74, 6) is -0.133. The third-order valence-corrected chi connectivity index (χ3v) is 2.76. The van der Waals surface area contributed by atoms with E-state index in [4.69, 9.17) is 0 Å². The van der Waals surface area contributed by atoms with Crippen LogP contribution in [0.4, 0.5) is 4.39 Å². The molecule has 1 aromatic carbocycles. The number of Topliss-reactive ketones (excluding diaryl/α,β-unsaturated/α-hetero) is 1. The van der Waals surface area contributed by atoms with Crippen molar-refractivity contribution in [1.82, 2.24) is 0 Å². The second kappa shape index (κ2) is 3.22. The maximum Gasteiger partial charge on any atom is 0.137 e. The highest BCUT2D eigenvalue weighted by Crippen LogP contribution is 2.25. The van der Waals surface area contributed by atoms with Gasteiger partial charge in [0.25, 0.3) is 0 Å². The maximum atomic E-state index is 13.3. The van der Waals surface area contributed by atoms with E-state index in [9.17, 15) is 9.18 Å². The summed E-state index contributed by atoms with van der Waals surface area (Å²) in [6.45, 7) is 0. The second-order valence-electron chi connectivity index (χ2n) is 3.24. The van der Waals surface area contributed by atoms with Gasteiger partial charge in [0.1, 0.15) is 11.6 Å². The fraction of sp³-hybridized carbons (Fsp3) is 0.300. The molecule has 0 saturated heterocycles. The summed E-state index contributed by atoms with van der Waals surface area (Å²) >= 11 is 3.23. The monoisotopic (exact) mass is 242 g/mol. The van der Waals surface area contributed by atoms with Crippen molar-refractivity contribution in [2.45, 2.75) is 19.3 Å². The SMILES string of the molecule is O=C1CCc2cc(Br)cc(F)c2C1. The highest BCUT2D eigenvalue weighted by Gasteiger charge is 2.19. The standard InChI is InChI=1S/C10H8BrFO/c11-7-3-6-1-2-8(13)5-9(6)10(12)4-7/h3-4H,1-2,5H2. The average molecular weight is 243 g/mol. The maximum absolute atomic E-state index is 13.3. The van der Waals surface area contributed by atoms with E-state index in [1.165, 1.54) is 6.07 Å². The molecule has 13 heavy (non-hydrogen) atoms. The minimum atomic E-state index is -0.266. The van der Waals surface area contributed by atoms with Crippen LogP contribution in [0.5, 0.6) is 0 Å². The number of carbonyl (C=O) groups is 1. The fourth-order valence-corrected chi connectivity index (χ4v) is 2.11. The Bertz CT molecular complexity index is 373. The molecule has 0 N–H and O–H groups in total. The van der Waals surface area contributed by atoms with Crippen molar-refractivity contribution in [1.29, 1.82) is 0 Å². The summed E-state index contributed by atoms with van der Waals surface area (Å²) in [6, 6.07) is 3.31. The van der Waals surface area contributed by atoms with Crippen LogP contribution in [-0.2, 0) is 17.6 Å². The molecule has 1 aliphatic rings. The van der Waals surface area contributed by atoms with Gasteiger partial charge in [-0.05, 0) is 29.7 Å². The van der Waals surface area contributed by atoms with E-state index in [-0.39, 0.29) is 18.0 Å². The first kappa shape index (κ1) is 8.88. The van der Waals surface area contributed by atoms with Crippen molar-refractivity contribution in [3.05, 3.63) is 33.5 Å². The Hall–Kier alpha value is -0.700. The van der Waals surface area contributed by atoms with E-state index < -0.39 is 0 Å². The first-order chi connectivity index (χ1) is 6.16. The van der Waals surface area contributed by atoms with E-state index in [0.717, 1.165) is 10.0 Å². The van der Waals surface area contributed by atoms with Gasteiger partial charge in [-0.2, -0.15) is 0 Å². The van der Waals surface area contributed by atoms with Crippen molar-refractivity contribution in [3.8, 4) is 0 Å². The molecule has 0 bridgehead atoms. The van der Waals surface area contributed by atoms with Crippen LogP contribution in [-0.4, -0.2) is 5.78 Å². The van der Waals surface area contributed by atoms with Gasteiger partial charge < -0.3 is 0 Å². The molecule has 1 aliphatic carbocycles. The number of fused-ring (bicyclic) bond motifs is 1. The van der Waals surface area contributed by atoms with Gasteiger partial charge in [0.05, 0.1) is 0 Å². The second-order valence-corrected chi connectivity index (χ2v) is 4.16. The van der Waals surface area contributed by atoms with Crippen molar-refractivity contribution in [2.75, 3.05) is 0 Å². The molecular weight excluding hydrogens is 235 g/mol. The van der Waals surface area contributed by atoms with Crippen LogP contribution < -0.4 is 0 Å². The molecular formula is C10H8BrFO. The smallest absolute Gasteiger partial charge is 0.137 e. The summed E-state index contributed by atoms with van der Waals surface area (Å²) < 4.78 is 14.1. The lowest BCUT2D eigenvalue weighted by Gasteiger charge is -2.15. The zero-order valence-corrected chi connectivity index (χ0v) is 8.53. The van der Waals surface area contributed by atoms with Gasteiger partial charge in [-0.1, -0.05) is 15.9 Å². The Kier molecular flexibility index (Phi) is 2.20. The first-order valence-corrected chi connectivity index (χ1v) is 4.94. The first-order valence-electron chi connectivity index (χ1n) is 4.15. The molecule has 0 spiro atoms. The van der Waals surface area contributed by atoms with Gasteiger partial charge in [0.2, 0.25) is 0 Å². The van der Waals surface area contributed by atoms with Crippen LogP contribution in [0.2, 0.25) is 0 Å². The van der Waals surface area contributed by atoms with Crippen molar-refractivity contribution in [3.63, 3.8) is 0 Å². The molecule has 0 fully saturated rings. The Morgan fingerprint density at radius 3 is 2.85 bits per heavy atom. The minimum Gasteiger partial charge on any atom is -0.299 e. The molecule has 3 heteroatoms. The highest BCUT2D eigenvalue weighted by atomic mass is 79.9. The predicted molar refractivity (Wildman–Crippen MR) is 51.1 cm³/mol. The molecule has 0 aliphatic heterocycles. The third-order valence-electron chi connectivity index (χ3n) is 2.30. The molecule has 0 aromatic heterocycles. The van der Waals surface area contributed by atoms with Crippen molar-refractivity contribution < 1.29 is 9.18 Å². The Balaban J connectivity index is 2.53. The number of hydrogen-bond donors (Lipinski definition) is 0. The molecule has 68 valence electrons. The van der Waals surface area contributed by atoms with Gasteiger partial charge in [-0.25, -0.2) is 4.39 Å². The normalized spacial score (nSPS) is 15.7. The topological polar surface area (TPSA) is 17.1 Å². The molecule has 0 atom stereocenters. The van der Waals surface area contributed by atoms with Crippen LogP contribution >= 0.6 is 15.9 Å². The van der Waals surface area contributed by atoms with Crippen LogP contribution in [0.15, 0.2) is 16.6 Å². The molecule has 0 radical (unpaired) electrons. The fourth-order valence-electron chi connectivity index (χ4n) is 1.64. The summed E-state index contributed by atoms with van der Waals surface area (Å²) in [4.78, 5) is 11.1. The number of halogens is 2. The van der Waals surface area contributed by atoms with Gasteiger partial charge in [-0.3, -0.25) is 4.79 Å². The Labute approximate surface area is 84.1 Å². The number of carbonyl (C=O) groups excluding carboxylic acids is 1. The lowest BCUT2D eigenvalue weighted by molar-refractivity contribution is -0.118. The van der Waals surface area contributed by atoms with E-state index in [2.05, 4.69) is 15.9 Å². The summed E-state index contributed by atoms with van der Waals surface area (Å²) in [7, 11) is 0. The lowest BCUT2D eigenvalue weighted by Crippen LogP contribution is -2.14. The molecule has 0 heterocycles. The average Bonchev–Trinajstić information content (AvgIpc) is 2.06. The lowest BCUT2D eigenvalue weighted by atomic mass is 9.90. The van der Waals surface area contributed by atoms with Crippen LogP contribution in [0, 0.1) is 5.82 Å². The Morgan fingerprint density at radius 1 is 1.31 bits per heavy atom. The van der Waals surface area contributed by atoms with Gasteiger partial charge in [0.15, 0.2) is 0 Å². The molecule has 0 amide bonds. The minimum absolute atomic E-state index is 0.133. The van der Waals surface area contributed by atoms with Crippen molar-refractivity contribution >= 4 is 21.7 Å². The zero-order chi connectivity index (χ0) is 9.42. The number of rotatable bonds is 0. The highest BCUT2D eigenvalue weighted by molar-refractivity contribution is 9.10.